The molecule has 1 aliphatic carbocycles. The van der Waals surface area contributed by atoms with Gasteiger partial charge in [-0.1, -0.05) is 0 Å². The number of benzene rings is 1. The predicted octanol–water partition coefficient (Wildman–Crippen LogP) is 3.46. The topological polar surface area (TPSA) is 18.5 Å². The number of rotatable bonds is 4. The van der Waals surface area contributed by atoms with E-state index in [9.17, 15) is 17.6 Å². The maximum Gasteiger partial charge on any atom is 0.163 e. The average Bonchev–Trinajstić information content (AvgIpc) is 2.62. The maximum absolute atomic E-state index is 13.9. The molecule has 0 aromatic heterocycles. The van der Waals surface area contributed by atoms with Crippen LogP contribution in [0.3, 0.4) is 0 Å². The molecular formula is C13H12F4O2. The number of ether oxygens (including phenoxy) is 2. The molecular weight excluding hydrogens is 264 g/mol. The van der Waals surface area contributed by atoms with Gasteiger partial charge >= 0.3 is 0 Å². The van der Waals surface area contributed by atoms with Crippen LogP contribution in [0.2, 0.25) is 0 Å². The molecule has 0 fully saturated rings. The van der Waals surface area contributed by atoms with Crippen molar-refractivity contribution in [3.63, 3.8) is 0 Å². The van der Waals surface area contributed by atoms with Crippen molar-refractivity contribution < 1.29 is 27.0 Å². The molecule has 1 aromatic carbocycles. The summed E-state index contributed by atoms with van der Waals surface area (Å²) in [6.07, 6.45) is 0. The van der Waals surface area contributed by atoms with Gasteiger partial charge in [-0.3, -0.25) is 0 Å². The van der Waals surface area contributed by atoms with E-state index in [0.717, 1.165) is 6.07 Å². The highest BCUT2D eigenvalue weighted by atomic mass is 19.2. The Hall–Kier alpha value is -1.40. The van der Waals surface area contributed by atoms with Crippen molar-refractivity contribution in [3.8, 4) is 0 Å². The van der Waals surface area contributed by atoms with Crippen LogP contribution in [0, 0.1) is 11.6 Å². The molecule has 0 bridgehead atoms. The van der Waals surface area contributed by atoms with Gasteiger partial charge in [0, 0.05) is 25.3 Å². The lowest BCUT2D eigenvalue weighted by atomic mass is 9.96. The molecule has 6 heteroatoms. The Labute approximate surface area is 107 Å². The lowest BCUT2D eigenvalue weighted by Crippen LogP contribution is -2.09. The highest BCUT2D eigenvalue weighted by Crippen LogP contribution is 2.46. The normalized spacial score (nSPS) is 18.1. The summed E-state index contributed by atoms with van der Waals surface area (Å²) in [5.74, 6) is -5.98. The van der Waals surface area contributed by atoms with E-state index in [4.69, 9.17) is 9.47 Å². The van der Waals surface area contributed by atoms with E-state index in [1.54, 1.807) is 0 Å². The number of hydrogen-bond donors (Lipinski definition) is 0. The van der Waals surface area contributed by atoms with Gasteiger partial charge in [0.05, 0.1) is 19.1 Å². The van der Waals surface area contributed by atoms with E-state index in [2.05, 4.69) is 0 Å². The van der Waals surface area contributed by atoms with Crippen LogP contribution in [0.15, 0.2) is 11.9 Å². The zero-order valence-electron chi connectivity index (χ0n) is 10.4. The molecule has 1 unspecified atom stereocenters. The van der Waals surface area contributed by atoms with Crippen LogP contribution in [-0.4, -0.2) is 20.8 Å². The summed E-state index contributed by atoms with van der Waals surface area (Å²) in [5.41, 5.74) is -0.535. The fourth-order valence-electron chi connectivity index (χ4n) is 2.28. The van der Waals surface area contributed by atoms with E-state index >= 15 is 0 Å². The summed E-state index contributed by atoms with van der Waals surface area (Å²) < 4.78 is 64.5. The van der Waals surface area contributed by atoms with E-state index in [1.165, 1.54) is 14.2 Å². The van der Waals surface area contributed by atoms with Crippen LogP contribution in [0.4, 0.5) is 17.6 Å². The van der Waals surface area contributed by atoms with Gasteiger partial charge in [0.2, 0.25) is 0 Å². The van der Waals surface area contributed by atoms with E-state index in [0.29, 0.717) is 0 Å². The van der Waals surface area contributed by atoms with E-state index in [1.807, 2.05) is 0 Å². The first-order valence-electron chi connectivity index (χ1n) is 5.57. The highest BCUT2D eigenvalue weighted by Gasteiger charge is 2.38. The first kappa shape index (κ1) is 14.0. The zero-order valence-corrected chi connectivity index (χ0v) is 10.4. The third kappa shape index (κ3) is 2.15. The second kappa shape index (κ2) is 5.30. The second-order valence-corrected chi connectivity index (χ2v) is 4.22. The van der Waals surface area contributed by atoms with Gasteiger partial charge in [0.25, 0.3) is 0 Å². The largest absolute Gasteiger partial charge is 0.384 e. The minimum Gasteiger partial charge on any atom is -0.384 e. The third-order valence-electron chi connectivity index (χ3n) is 3.05. The minimum atomic E-state index is -1.26. The molecule has 0 aliphatic heterocycles. The van der Waals surface area contributed by atoms with Crippen molar-refractivity contribution in [2.24, 2.45) is 0 Å². The van der Waals surface area contributed by atoms with Gasteiger partial charge in [-0.05, 0) is 11.6 Å². The predicted molar refractivity (Wildman–Crippen MR) is 60.8 cm³/mol. The van der Waals surface area contributed by atoms with Crippen molar-refractivity contribution in [2.45, 2.75) is 12.5 Å². The van der Waals surface area contributed by atoms with E-state index in [-0.39, 0.29) is 29.9 Å². The first-order valence-corrected chi connectivity index (χ1v) is 5.57. The molecule has 0 saturated heterocycles. The summed E-state index contributed by atoms with van der Waals surface area (Å²) in [6, 6.07) is 0.819. The van der Waals surface area contributed by atoms with Gasteiger partial charge in [0.15, 0.2) is 17.5 Å². The average molecular weight is 276 g/mol. The molecule has 0 amide bonds. The molecule has 0 heterocycles. The zero-order chi connectivity index (χ0) is 14.2. The Morgan fingerprint density at radius 3 is 2.37 bits per heavy atom. The minimum absolute atomic E-state index is 0.0719. The second-order valence-electron chi connectivity index (χ2n) is 4.22. The molecule has 19 heavy (non-hydrogen) atoms. The smallest absolute Gasteiger partial charge is 0.163 e. The summed E-state index contributed by atoms with van der Waals surface area (Å²) in [7, 11) is 2.60. The van der Waals surface area contributed by atoms with Crippen LogP contribution in [0.25, 0.3) is 5.83 Å². The molecule has 0 N–H and O–H groups in total. The maximum atomic E-state index is 13.9. The van der Waals surface area contributed by atoms with Crippen LogP contribution >= 0.6 is 0 Å². The Balaban J connectivity index is 2.66. The standard InChI is InChI=1S/C13H12F4O2/c1-18-4-6-3-8(14)12(16)10-7(5-19-2)11(15)13(17)9(6)10/h3,7H,4-5H2,1-2H3. The molecule has 104 valence electrons. The molecule has 1 aromatic rings. The lowest BCUT2D eigenvalue weighted by molar-refractivity contribution is 0.179. The molecule has 0 radical (unpaired) electrons. The van der Waals surface area contributed by atoms with Crippen molar-refractivity contribution >= 4 is 5.83 Å². The molecule has 2 rings (SSSR count). The third-order valence-corrected chi connectivity index (χ3v) is 3.05. The SMILES string of the molecule is COCc1cc(F)c(F)c2c1C(F)=C(F)C2COC. The molecule has 1 atom stereocenters. The fourth-order valence-corrected chi connectivity index (χ4v) is 2.28. The van der Waals surface area contributed by atoms with Crippen LogP contribution in [0.1, 0.15) is 22.6 Å². The van der Waals surface area contributed by atoms with Crippen molar-refractivity contribution in [3.05, 3.63) is 40.2 Å². The van der Waals surface area contributed by atoms with Gasteiger partial charge in [-0.2, -0.15) is 0 Å². The molecule has 0 saturated carbocycles. The highest BCUT2D eigenvalue weighted by molar-refractivity contribution is 5.75. The van der Waals surface area contributed by atoms with Gasteiger partial charge in [-0.25, -0.2) is 17.6 Å². The van der Waals surface area contributed by atoms with Gasteiger partial charge in [-0.15, -0.1) is 0 Å². The summed E-state index contributed by atoms with van der Waals surface area (Å²) in [4.78, 5) is 0. The van der Waals surface area contributed by atoms with Crippen molar-refractivity contribution in [2.75, 3.05) is 20.8 Å². The Bertz CT molecular complexity index is 540. The van der Waals surface area contributed by atoms with Crippen LogP contribution in [0.5, 0.6) is 0 Å². The van der Waals surface area contributed by atoms with Crippen molar-refractivity contribution in [1.29, 1.82) is 0 Å². The van der Waals surface area contributed by atoms with Crippen LogP contribution in [-0.2, 0) is 16.1 Å². The van der Waals surface area contributed by atoms with E-state index < -0.39 is 29.2 Å². The first-order chi connectivity index (χ1) is 9.02. The quantitative estimate of drug-likeness (QED) is 0.784. The monoisotopic (exact) mass is 276 g/mol. The Kier molecular flexibility index (Phi) is 3.91. The number of hydrogen-bond acceptors (Lipinski definition) is 2. The van der Waals surface area contributed by atoms with Crippen molar-refractivity contribution in [1.82, 2.24) is 0 Å². The Morgan fingerprint density at radius 1 is 1.11 bits per heavy atom. The van der Waals surface area contributed by atoms with Crippen LogP contribution < -0.4 is 0 Å². The summed E-state index contributed by atoms with van der Waals surface area (Å²) in [6.45, 7) is -0.404. The number of fused-ring (bicyclic) bond motifs is 1. The molecule has 0 spiro atoms. The fraction of sp³-hybridized carbons (Fsp3) is 0.385. The van der Waals surface area contributed by atoms with Gasteiger partial charge in [0.1, 0.15) is 5.83 Å². The summed E-state index contributed by atoms with van der Waals surface area (Å²) in [5, 5.41) is 0. The summed E-state index contributed by atoms with van der Waals surface area (Å²) >= 11 is 0. The number of methoxy groups -OCH3 is 2. The number of halogens is 4. The Morgan fingerprint density at radius 2 is 1.79 bits per heavy atom. The molecule has 1 aliphatic rings. The lowest BCUT2D eigenvalue weighted by Gasteiger charge is -2.14. The molecule has 2 nitrogen and oxygen atoms in total. The van der Waals surface area contributed by atoms with Gasteiger partial charge < -0.3 is 9.47 Å².